The minimum Gasteiger partial charge on any atom is -0.386 e. The highest BCUT2D eigenvalue weighted by Crippen LogP contribution is 2.17. The summed E-state index contributed by atoms with van der Waals surface area (Å²) in [5, 5.41) is 7.22. The number of carbonyl (C=O) groups excluding carboxylic acids is 1. The molecule has 1 N–H and O–H groups in total. The average molecular weight is 317 g/mol. The second-order valence-corrected chi connectivity index (χ2v) is 5.29. The lowest BCUT2D eigenvalue weighted by atomic mass is 10.1. The zero-order valence-corrected chi connectivity index (χ0v) is 13.2. The molecule has 2 aromatic rings. The summed E-state index contributed by atoms with van der Waals surface area (Å²) in [6.45, 7) is 3.82. The van der Waals surface area contributed by atoms with Crippen LogP contribution in [0.2, 0.25) is 5.02 Å². The molecule has 2 rings (SSSR count). The van der Waals surface area contributed by atoms with Crippen LogP contribution in [0, 0.1) is 13.8 Å². The fraction of sp³-hybridized carbons (Fsp3) is 0.176. The number of nitrogens with one attached hydrogen (secondary N) is 1. The number of hydrogen-bond acceptors (Lipinski definition) is 3. The quantitative estimate of drug-likeness (QED) is 0.671. The molecule has 0 saturated carbocycles. The van der Waals surface area contributed by atoms with E-state index in [0.29, 0.717) is 5.02 Å². The fourth-order valence-corrected chi connectivity index (χ4v) is 1.94. The van der Waals surface area contributed by atoms with Crippen molar-refractivity contribution in [1.82, 2.24) is 0 Å². The molecule has 22 heavy (non-hydrogen) atoms. The van der Waals surface area contributed by atoms with Gasteiger partial charge in [0.25, 0.3) is 5.91 Å². The van der Waals surface area contributed by atoms with Gasteiger partial charge in [-0.05, 0) is 48.7 Å². The van der Waals surface area contributed by atoms with Crippen molar-refractivity contribution >= 4 is 29.4 Å². The third-order valence-electron chi connectivity index (χ3n) is 3.22. The summed E-state index contributed by atoms with van der Waals surface area (Å²) in [7, 11) is 0. The Morgan fingerprint density at radius 2 is 1.95 bits per heavy atom. The van der Waals surface area contributed by atoms with Gasteiger partial charge in [-0.1, -0.05) is 41.0 Å². The first kappa shape index (κ1) is 16.0. The number of oxime groups is 1. The molecule has 2 aromatic carbocycles. The molecule has 4 nitrogen and oxygen atoms in total. The van der Waals surface area contributed by atoms with E-state index in [1.165, 1.54) is 6.21 Å². The smallest absolute Gasteiger partial charge is 0.265 e. The van der Waals surface area contributed by atoms with E-state index < -0.39 is 0 Å². The summed E-state index contributed by atoms with van der Waals surface area (Å²) in [4.78, 5) is 16.8. The molecule has 114 valence electrons. The second-order valence-electron chi connectivity index (χ2n) is 4.86. The van der Waals surface area contributed by atoms with Crippen LogP contribution in [0.4, 0.5) is 5.69 Å². The highest BCUT2D eigenvalue weighted by atomic mass is 35.5. The summed E-state index contributed by atoms with van der Waals surface area (Å²) in [5.74, 6) is -0.248. The van der Waals surface area contributed by atoms with E-state index in [1.807, 2.05) is 44.2 Å². The number of benzene rings is 2. The molecule has 1 amide bonds. The normalized spacial score (nSPS) is 10.7. The van der Waals surface area contributed by atoms with Gasteiger partial charge in [-0.3, -0.25) is 4.79 Å². The Hall–Kier alpha value is -2.33. The number of hydrogen-bond donors (Lipinski definition) is 1. The fourth-order valence-electron chi connectivity index (χ4n) is 1.82. The van der Waals surface area contributed by atoms with Crippen molar-refractivity contribution in [2.75, 3.05) is 11.9 Å². The minimum atomic E-state index is -0.248. The topological polar surface area (TPSA) is 50.7 Å². The van der Waals surface area contributed by atoms with Crippen molar-refractivity contribution in [2.45, 2.75) is 13.8 Å². The average Bonchev–Trinajstić information content (AvgIpc) is 2.50. The van der Waals surface area contributed by atoms with Gasteiger partial charge in [-0.15, -0.1) is 0 Å². The number of rotatable bonds is 5. The van der Waals surface area contributed by atoms with E-state index in [9.17, 15) is 4.79 Å². The summed E-state index contributed by atoms with van der Waals surface area (Å²) in [6.07, 6.45) is 1.53. The molecule has 5 heteroatoms. The molecule has 0 atom stereocenters. The van der Waals surface area contributed by atoms with Crippen LogP contribution < -0.4 is 5.32 Å². The lowest BCUT2D eigenvalue weighted by Gasteiger charge is -2.09. The molecule has 0 fully saturated rings. The van der Waals surface area contributed by atoms with Gasteiger partial charge < -0.3 is 10.2 Å². The van der Waals surface area contributed by atoms with E-state index in [4.69, 9.17) is 16.4 Å². The van der Waals surface area contributed by atoms with Gasteiger partial charge in [0.05, 0.1) is 6.21 Å². The zero-order valence-electron chi connectivity index (χ0n) is 12.5. The highest BCUT2D eigenvalue weighted by Gasteiger charge is 2.06. The maximum absolute atomic E-state index is 11.8. The van der Waals surface area contributed by atoms with E-state index in [1.54, 1.807) is 12.1 Å². The van der Waals surface area contributed by atoms with Crippen molar-refractivity contribution in [2.24, 2.45) is 5.16 Å². The van der Waals surface area contributed by atoms with Crippen LogP contribution in [-0.4, -0.2) is 18.7 Å². The van der Waals surface area contributed by atoms with Crippen molar-refractivity contribution in [3.8, 4) is 0 Å². The Kier molecular flexibility index (Phi) is 5.55. The predicted octanol–water partition coefficient (Wildman–Crippen LogP) is 3.95. The van der Waals surface area contributed by atoms with Crippen molar-refractivity contribution in [3.63, 3.8) is 0 Å². The van der Waals surface area contributed by atoms with Crippen LogP contribution in [0.25, 0.3) is 0 Å². The Morgan fingerprint density at radius 3 is 2.68 bits per heavy atom. The van der Waals surface area contributed by atoms with Crippen LogP contribution in [-0.2, 0) is 9.63 Å². The predicted molar refractivity (Wildman–Crippen MR) is 89.5 cm³/mol. The molecule has 0 aromatic heterocycles. The van der Waals surface area contributed by atoms with E-state index in [2.05, 4.69) is 10.5 Å². The molecule has 0 unspecified atom stereocenters. The first-order valence-corrected chi connectivity index (χ1v) is 7.21. The van der Waals surface area contributed by atoms with Gasteiger partial charge in [-0.25, -0.2) is 0 Å². The Balaban J connectivity index is 1.83. The molecule has 0 spiro atoms. The minimum absolute atomic E-state index is 0.141. The van der Waals surface area contributed by atoms with Gasteiger partial charge >= 0.3 is 0 Å². The third-order valence-corrected chi connectivity index (χ3v) is 3.47. The second kappa shape index (κ2) is 7.61. The van der Waals surface area contributed by atoms with E-state index in [-0.39, 0.29) is 12.5 Å². The Morgan fingerprint density at radius 1 is 1.23 bits per heavy atom. The number of amides is 1. The van der Waals surface area contributed by atoms with Crippen molar-refractivity contribution < 1.29 is 9.63 Å². The van der Waals surface area contributed by atoms with Crippen LogP contribution >= 0.6 is 11.6 Å². The Bertz CT molecular complexity index is 682. The number of aryl methyl sites for hydroxylation is 1. The van der Waals surface area contributed by atoms with Crippen LogP contribution in [0.3, 0.4) is 0 Å². The number of nitrogens with zero attached hydrogens (tertiary/aromatic N) is 1. The molecule has 0 radical (unpaired) electrons. The molecule has 0 bridgehead atoms. The molecule has 0 heterocycles. The van der Waals surface area contributed by atoms with Crippen LogP contribution in [0.1, 0.15) is 16.7 Å². The molecular weight excluding hydrogens is 300 g/mol. The molecule has 0 aliphatic heterocycles. The molecule has 0 aliphatic rings. The SMILES string of the molecule is Cc1cccc(NC(=O)CO/N=C/c2ccc(Cl)cc2)c1C. The Labute approximate surface area is 134 Å². The number of carbonyl (C=O) groups is 1. The van der Waals surface area contributed by atoms with Gasteiger partial charge in [0, 0.05) is 10.7 Å². The first-order chi connectivity index (χ1) is 10.6. The summed E-state index contributed by atoms with van der Waals surface area (Å²) < 4.78 is 0. The van der Waals surface area contributed by atoms with Gasteiger partial charge in [0.2, 0.25) is 0 Å². The van der Waals surface area contributed by atoms with Crippen molar-refractivity contribution in [1.29, 1.82) is 0 Å². The first-order valence-electron chi connectivity index (χ1n) is 6.83. The number of anilines is 1. The van der Waals surface area contributed by atoms with E-state index in [0.717, 1.165) is 22.4 Å². The van der Waals surface area contributed by atoms with Gasteiger partial charge in [-0.2, -0.15) is 0 Å². The van der Waals surface area contributed by atoms with Crippen LogP contribution in [0.5, 0.6) is 0 Å². The lowest BCUT2D eigenvalue weighted by molar-refractivity contribution is -0.120. The molecular formula is C17H17ClN2O2. The summed E-state index contributed by atoms with van der Waals surface area (Å²) >= 11 is 5.79. The maximum Gasteiger partial charge on any atom is 0.265 e. The monoisotopic (exact) mass is 316 g/mol. The summed E-state index contributed by atoms with van der Waals surface area (Å²) in [6, 6.07) is 12.9. The van der Waals surface area contributed by atoms with E-state index >= 15 is 0 Å². The zero-order chi connectivity index (χ0) is 15.9. The third kappa shape index (κ3) is 4.60. The van der Waals surface area contributed by atoms with Crippen molar-refractivity contribution in [3.05, 3.63) is 64.2 Å². The largest absolute Gasteiger partial charge is 0.386 e. The van der Waals surface area contributed by atoms with Crippen LogP contribution in [0.15, 0.2) is 47.6 Å². The molecule has 0 saturated heterocycles. The molecule has 0 aliphatic carbocycles. The van der Waals surface area contributed by atoms with Gasteiger partial charge in [0.1, 0.15) is 0 Å². The highest BCUT2D eigenvalue weighted by molar-refractivity contribution is 6.30. The standard InChI is InChI=1S/C17H17ClN2O2/c1-12-4-3-5-16(13(12)2)20-17(21)11-22-19-10-14-6-8-15(18)9-7-14/h3-10H,11H2,1-2H3,(H,20,21)/b19-10+. The lowest BCUT2D eigenvalue weighted by Crippen LogP contribution is -2.17. The summed E-state index contributed by atoms with van der Waals surface area (Å²) in [5.41, 5.74) is 3.80. The maximum atomic E-state index is 11.8. The number of halogens is 1. The van der Waals surface area contributed by atoms with Gasteiger partial charge in [0.15, 0.2) is 6.61 Å².